The Morgan fingerprint density at radius 3 is 2.08 bits per heavy atom. The van der Waals surface area contributed by atoms with Crippen LogP contribution in [-0.4, -0.2) is 59.4 Å². The predicted octanol–water partition coefficient (Wildman–Crippen LogP) is -0.128. The molecule has 1 atom stereocenters. The van der Waals surface area contributed by atoms with Gasteiger partial charge in [0.1, 0.15) is 12.0 Å². The molecule has 24 heavy (non-hydrogen) atoms. The number of aliphatic carboxylic acids is 1. The highest BCUT2D eigenvalue weighted by Gasteiger charge is 2.34. The lowest BCUT2D eigenvalue weighted by Crippen LogP contribution is -2.37. The minimum Gasteiger partial charge on any atom is -0.481 e. The second kappa shape index (κ2) is 6.95. The first-order valence-electron chi connectivity index (χ1n) is 6.28. The van der Waals surface area contributed by atoms with E-state index in [-0.39, 0.29) is 0 Å². The number of aliphatic hydroxyl groups is 1. The largest absolute Gasteiger partial charge is 0.481 e. The fraction of sp³-hybridized carbons (Fsp3) is 0.308. The molecule has 1 aromatic carbocycles. The van der Waals surface area contributed by atoms with Gasteiger partial charge in [0.2, 0.25) is 0 Å². The van der Waals surface area contributed by atoms with Crippen LogP contribution in [0.25, 0.3) is 0 Å². The van der Waals surface area contributed by atoms with Crippen LogP contribution in [0, 0.1) is 5.41 Å². The monoisotopic (exact) mass is 362 g/mol. The van der Waals surface area contributed by atoms with Crippen molar-refractivity contribution in [1.82, 2.24) is 0 Å². The molecule has 0 radical (unpaired) electrons. The van der Waals surface area contributed by atoms with Gasteiger partial charge in [0.15, 0.2) is 0 Å². The van der Waals surface area contributed by atoms with E-state index < -0.39 is 62.7 Å². The zero-order chi connectivity index (χ0) is 18.7. The Morgan fingerprint density at radius 1 is 1.12 bits per heavy atom. The van der Waals surface area contributed by atoms with Crippen molar-refractivity contribution in [2.75, 3.05) is 13.2 Å². The van der Waals surface area contributed by atoms with E-state index in [0.29, 0.717) is 12.1 Å². The maximum absolute atomic E-state index is 11.9. The number of carboxylic acid groups (broad SMARTS) is 2. The topological polar surface area (TPSA) is 175 Å². The van der Waals surface area contributed by atoms with E-state index in [2.05, 4.69) is 0 Å². The van der Waals surface area contributed by atoms with Gasteiger partial charge < -0.3 is 20.1 Å². The van der Waals surface area contributed by atoms with E-state index in [1.165, 1.54) is 0 Å². The Morgan fingerprint density at radius 2 is 1.67 bits per heavy atom. The summed E-state index contributed by atoms with van der Waals surface area (Å²) in [7, 11) is -4.78. The van der Waals surface area contributed by atoms with E-state index in [1.807, 2.05) is 0 Å². The molecule has 4 N–H and O–H groups in total. The smallest absolute Gasteiger partial charge is 0.338 e. The van der Waals surface area contributed by atoms with Gasteiger partial charge in [-0.15, -0.1) is 0 Å². The molecule has 0 aliphatic rings. The first-order valence-corrected chi connectivity index (χ1v) is 7.72. The van der Waals surface area contributed by atoms with Crippen molar-refractivity contribution in [3.8, 4) is 0 Å². The molecule has 0 aliphatic heterocycles. The summed E-state index contributed by atoms with van der Waals surface area (Å²) in [4.78, 5) is 33.0. The van der Waals surface area contributed by atoms with Gasteiger partial charge in [0.25, 0.3) is 10.1 Å². The summed E-state index contributed by atoms with van der Waals surface area (Å²) in [5.74, 6) is -4.21. The first-order chi connectivity index (χ1) is 10.9. The van der Waals surface area contributed by atoms with E-state index in [0.717, 1.165) is 13.0 Å². The zero-order valence-electron chi connectivity index (χ0n) is 12.3. The molecular weight excluding hydrogens is 348 g/mol. The Balaban J connectivity index is 3.17. The molecule has 1 unspecified atom stereocenters. The summed E-state index contributed by atoms with van der Waals surface area (Å²) in [5.41, 5.74) is -2.90. The molecule has 10 nitrogen and oxygen atoms in total. The lowest BCUT2D eigenvalue weighted by molar-refractivity contribution is -0.153. The maximum Gasteiger partial charge on any atom is 0.338 e. The lowest BCUT2D eigenvalue weighted by Gasteiger charge is -2.21. The SMILES string of the molecule is CC(CO)(COC(=O)c1cc(C(=O)O)cc(S(=O)(=O)O)c1)C(=O)O. The van der Waals surface area contributed by atoms with Gasteiger partial charge in [-0.3, -0.25) is 9.35 Å². The fourth-order valence-electron chi connectivity index (χ4n) is 1.47. The average Bonchev–Trinajstić information content (AvgIpc) is 2.50. The van der Waals surface area contributed by atoms with Gasteiger partial charge >= 0.3 is 17.9 Å². The summed E-state index contributed by atoms with van der Waals surface area (Å²) in [6.45, 7) is -0.461. The molecule has 132 valence electrons. The van der Waals surface area contributed by atoms with E-state index in [4.69, 9.17) is 24.6 Å². The normalized spacial score (nSPS) is 13.8. The highest BCUT2D eigenvalue weighted by atomic mass is 32.2. The highest BCUT2D eigenvalue weighted by molar-refractivity contribution is 7.85. The molecule has 0 heterocycles. The van der Waals surface area contributed by atoms with Crippen molar-refractivity contribution in [2.45, 2.75) is 11.8 Å². The molecule has 1 rings (SSSR count). The lowest BCUT2D eigenvalue weighted by atomic mass is 9.93. The van der Waals surface area contributed by atoms with Crippen molar-refractivity contribution in [3.63, 3.8) is 0 Å². The Bertz CT molecular complexity index is 782. The Hall–Kier alpha value is -2.50. The van der Waals surface area contributed by atoms with Crippen molar-refractivity contribution in [3.05, 3.63) is 29.3 Å². The summed E-state index contributed by atoms with van der Waals surface area (Å²) in [6, 6.07) is 2.13. The molecule has 0 aromatic heterocycles. The van der Waals surface area contributed by atoms with Crippen LogP contribution in [0.3, 0.4) is 0 Å². The second-order valence-corrected chi connectivity index (χ2v) is 6.55. The number of rotatable bonds is 7. The molecule has 0 saturated carbocycles. The van der Waals surface area contributed by atoms with Gasteiger partial charge in [0.05, 0.1) is 22.6 Å². The van der Waals surface area contributed by atoms with E-state index >= 15 is 0 Å². The number of esters is 1. The molecule has 0 amide bonds. The third-order valence-electron chi connectivity index (χ3n) is 3.07. The molecule has 0 fully saturated rings. The minimum atomic E-state index is -4.78. The zero-order valence-corrected chi connectivity index (χ0v) is 13.1. The fourth-order valence-corrected chi connectivity index (χ4v) is 2.02. The number of benzene rings is 1. The number of hydrogen-bond acceptors (Lipinski definition) is 7. The van der Waals surface area contributed by atoms with Gasteiger partial charge in [-0.25, -0.2) is 9.59 Å². The Labute approximate surface area is 136 Å². The van der Waals surface area contributed by atoms with Gasteiger partial charge in [0, 0.05) is 0 Å². The third-order valence-corrected chi connectivity index (χ3v) is 3.91. The van der Waals surface area contributed by atoms with Crippen molar-refractivity contribution >= 4 is 28.0 Å². The molecule has 0 spiro atoms. The summed E-state index contributed by atoms with van der Waals surface area (Å²) in [5, 5.41) is 26.9. The Kier molecular flexibility index (Phi) is 5.66. The van der Waals surface area contributed by atoms with Crippen LogP contribution < -0.4 is 0 Å². The summed E-state index contributed by atoms with van der Waals surface area (Å²) in [6.07, 6.45) is 0. The van der Waals surface area contributed by atoms with Crippen molar-refractivity contribution in [2.24, 2.45) is 5.41 Å². The van der Waals surface area contributed by atoms with Crippen LogP contribution in [0.2, 0.25) is 0 Å². The van der Waals surface area contributed by atoms with Crippen molar-refractivity contribution in [1.29, 1.82) is 0 Å². The molecular formula is C13H14O10S. The van der Waals surface area contributed by atoms with Crippen LogP contribution in [0.4, 0.5) is 0 Å². The second-order valence-electron chi connectivity index (χ2n) is 5.13. The van der Waals surface area contributed by atoms with Crippen LogP contribution in [-0.2, 0) is 19.6 Å². The summed E-state index contributed by atoms with van der Waals surface area (Å²) >= 11 is 0. The molecule has 0 bridgehead atoms. The first kappa shape index (κ1) is 19.5. The molecule has 11 heteroatoms. The van der Waals surface area contributed by atoms with Crippen LogP contribution >= 0.6 is 0 Å². The molecule has 0 aliphatic carbocycles. The number of carboxylic acids is 2. The maximum atomic E-state index is 11.9. The standard InChI is InChI=1S/C13H14O10S/c1-13(5-14,12(18)19)6-23-11(17)8-2-7(10(15)16)3-9(4-8)24(20,21)22/h2-4,14H,5-6H2,1H3,(H,15,16)(H,18,19)(H,20,21,22). The van der Waals surface area contributed by atoms with Crippen LogP contribution in [0.1, 0.15) is 27.6 Å². The number of carbonyl (C=O) groups is 3. The van der Waals surface area contributed by atoms with Crippen LogP contribution in [0.15, 0.2) is 23.1 Å². The van der Waals surface area contributed by atoms with Crippen molar-refractivity contribution < 1.29 is 47.4 Å². The predicted molar refractivity (Wildman–Crippen MR) is 76.3 cm³/mol. The number of aliphatic hydroxyl groups excluding tert-OH is 1. The molecule has 1 aromatic rings. The number of hydrogen-bond donors (Lipinski definition) is 4. The number of carbonyl (C=O) groups excluding carboxylic acids is 1. The van der Waals surface area contributed by atoms with Gasteiger partial charge in [-0.1, -0.05) is 0 Å². The average molecular weight is 362 g/mol. The van der Waals surface area contributed by atoms with Gasteiger partial charge in [-0.05, 0) is 25.1 Å². The number of ether oxygens (including phenoxy) is 1. The summed E-state index contributed by atoms with van der Waals surface area (Å²) < 4.78 is 36.0. The van der Waals surface area contributed by atoms with E-state index in [9.17, 15) is 22.8 Å². The van der Waals surface area contributed by atoms with E-state index in [1.54, 1.807) is 0 Å². The molecule has 0 saturated heterocycles. The number of aromatic carboxylic acids is 1. The third kappa shape index (κ3) is 4.50. The highest BCUT2D eigenvalue weighted by Crippen LogP contribution is 2.19. The quantitative estimate of drug-likeness (QED) is 0.377. The van der Waals surface area contributed by atoms with Crippen LogP contribution in [0.5, 0.6) is 0 Å². The van der Waals surface area contributed by atoms with Gasteiger partial charge in [-0.2, -0.15) is 8.42 Å². The minimum absolute atomic E-state index is 0.520.